The fourth-order valence-corrected chi connectivity index (χ4v) is 5.13. The summed E-state index contributed by atoms with van der Waals surface area (Å²) in [6.07, 6.45) is 0.921. The van der Waals surface area contributed by atoms with Crippen LogP contribution in [0.1, 0.15) is 42.1 Å². The molecule has 2 saturated heterocycles. The van der Waals surface area contributed by atoms with Gasteiger partial charge in [-0.2, -0.15) is 0 Å². The van der Waals surface area contributed by atoms with Gasteiger partial charge in [-0.15, -0.1) is 0 Å². The number of carbonyl (C=O) groups is 3. The van der Waals surface area contributed by atoms with E-state index < -0.39 is 27.3 Å². The monoisotopic (exact) mass is 437 g/mol. The molecular formula is C20H27N3O6S. The summed E-state index contributed by atoms with van der Waals surface area (Å²) in [6, 6.07) is 6.18. The Balaban J connectivity index is 1.57. The molecule has 4 amide bonds. The number of nitrogens with one attached hydrogen (secondary N) is 2. The Labute approximate surface area is 176 Å². The SMILES string of the molecule is CCOCCCNC(=O)c1ccc(CN2C(=O)NC3(CCS(=O)(=O)CC3)C2=O)cc1. The lowest BCUT2D eigenvalue weighted by atomic mass is 9.92. The summed E-state index contributed by atoms with van der Waals surface area (Å²) >= 11 is 0. The van der Waals surface area contributed by atoms with Crippen LogP contribution in [0.25, 0.3) is 0 Å². The van der Waals surface area contributed by atoms with Crippen molar-refractivity contribution < 1.29 is 27.5 Å². The molecule has 2 aliphatic heterocycles. The average Bonchev–Trinajstić information content (AvgIpc) is 2.95. The number of sulfone groups is 1. The molecule has 0 unspecified atom stereocenters. The van der Waals surface area contributed by atoms with Crippen LogP contribution in [-0.2, 0) is 25.9 Å². The van der Waals surface area contributed by atoms with Gasteiger partial charge in [0.05, 0.1) is 18.1 Å². The molecular weight excluding hydrogens is 410 g/mol. The van der Waals surface area contributed by atoms with Gasteiger partial charge in [-0.05, 0) is 43.9 Å². The normalized spacial score (nSPS) is 19.7. The van der Waals surface area contributed by atoms with Gasteiger partial charge < -0.3 is 15.4 Å². The van der Waals surface area contributed by atoms with E-state index in [1.54, 1.807) is 24.3 Å². The Kier molecular flexibility index (Phi) is 6.77. The predicted molar refractivity (Wildman–Crippen MR) is 110 cm³/mol. The molecule has 1 aromatic rings. The van der Waals surface area contributed by atoms with Crippen LogP contribution < -0.4 is 10.6 Å². The zero-order valence-electron chi connectivity index (χ0n) is 17.0. The number of benzene rings is 1. The number of hydrogen-bond donors (Lipinski definition) is 2. The van der Waals surface area contributed by atoms with Gasteiger partial charge in [0, 0.05) is 25.3 Å². The maximum absolute atomic E-state index is 12.8. The highest BCUT2D eigenvalue weighted by Gasteiger charge is 2.53. The third kappa shape index (κ3) is 4.99. The fourth-order valence-electron chi connectivity index (χ4n) is 3.61. The quantitative estimate of drug-likeness (QED) is 0.459. The maximum Gasteiger partial charge on any atom is 0.325 e. The van der Waals surface area contributed by atoms with Gasteiger partial charge in [0.25, 0.3) is 11.8 Å². The van der Waals surface area contributed by atoms with E-state index in [4.69, 9.17) is 4.74 Å². The molecule has 0 aliphatic carbocycles. The van der Waals surface area contributed by atoms with Crippen molar-refractivity contribution in [3.05, 3.63) is 35.4 Å². The third-order valence-corrected chi connectivity index (χ3v) is 7.09. The summed E-state index contributed by atoms with van der Waals surface area (Å²) in [5, 5.41) is 5.51. The topological polar surface area (TPSA) is 122 Å². The van der Waals surface area contributed by atoms with Crippen molar-refractivity contribution >= 4 is 27.7 Å². The van der Waals surface area contributed by atoms with E-state index in [0.717, 1.165) is 11.3 Å². The number of nitrogens with zero attached hydrogens (tertiary/aromatic N) is 1. The first-order valence-corrected chi connectivity index (χ1v) is 11.9. The number of carbonyl (C=O) groups excluding carboxylic acids is 3. The third-order valence-electron chi connectivity index (χ3n) is 5.44. The molecule has 10 heteroatoms. The van der Waals surface area contributed by atoms with Crippen molar-refractivity contribution in [2.24, 2.45) is 0 Å². The van der Waals surface area contributed by atoms with E-state index in [-0.39, 0.29) is 36.8 Å². The van der Waals surface area contributed by atoms with Crippen LogP contribution in [0, 0.1) is 0 Å². The Morgan fingerprint density at radius 2 is 1.87 bits per heavy atom. The minimum absolute atomic E-state index is 0.0649. The number of imide groups is 1. The second-order valence-electron chi connectivity index (χ2n) is 7.56. The highest BCUT2D eigenvalue weighted by molar-refractivity contribution is 7.91. The lowest BCUT2D eigenvalue weighted by Crippen LogP contribution is -2.52. The smallest absolute Gasteiger partial charge is 0.325 e. The summed E-state index contributed by atoms with van der Waals surface area (Å²) in [5.41, 5.74) is 0.0668. The molecule has 0 bridgehead atoms. The van der Waals surface area contributed by atoms with E-state index in [9.17, 15) is 22.8 Å². The number of amides is 4. The summed E-state index contributed by atoms with van der Waals surface area (Å²) < 4.78 is 28.6. The molecule has 9 nitrogen and oxygen atoms in total. The van der Waals surface area contributed by atoms with Crippen LogP contribution in [0.15, 0.2) is 24.3 Å². The molecule has 0 atom stereocenters. The van der Waals surface area contributed by atoms with Crippen LogP contribution in [0.4, 0.5) is 4.79 Å². The van der Waals surface area contributed by atoms with Crippen molar-refractivity contribution in [1.82, 2.24) is 15.5 Å². The van der Waals surface area contributed by atoms with Gasteiger partial charge in [0.1, 0.15) is 5.54 Å². The molecule has 1 spiro atoms. The lowest BCUT2D eigenvalue weighted by Gasteiger charge is -2.30. The summed E-state index contributed by atoms with van der Waals surface area (Å²) in [7, 11) is -3.15. The van der Waals surface area contributed by atoms with Crippen LogP contribution in [-0.4, -0.2) is 68.0 Å². The Bertz CT molecular complexity index is 899. The number of hydrogen-bond acceptors (Lipinski definition) is 6. The highest BCUT2D eigenvalue weighted by atomic mass is 32.2. The lowest BCUT2D eigenvalue weighted by molar-refractivity contribution is -0.132. The van der Waals surface area contributed by atoms with Gasteiger partial charge in [-0.3, -0.25) is 14.5 Å². The van der Waals surface area contributed by atoms with Crippen LogP contribution in [0.3, 0.4) is 0 Å². The summed E-state index contributed by atoms with van der Waals surface area (Å²) in [5.74, 6) is -0.809. The molecule has 0 aromatic heterocycles. The maximum atomic E-state index is 12.8. The first-order valence-electron chi connectivity index (χ1n) is 10.1. The number of urea groups is 1. The zero-order valence-corrected chi connectivity index (χ0v) is 17.8. The molecule has 2 N–H and O–H groups in total. The second-order valence-corrected chi connectivity index (χ2v) is 9.86. The molecule has 1 aromatic carbocycles. The molecule has 0 saturated carbocycles. The van der Waals surface area contributed by atoms with E-state index >= 15 is 0 Å². The van der Waals surface area contributed by atoms with Crippen molar-refractivity contribution in [2.45, 2.75) is 38.3 Å². The van der Waals surface area contributed by atoms with E-state index in [0.29, 0.717) is 30.9 Å². The minimum Gasteiger partial charge on any atom is -0.382 e. The molecule has 2 fully saturated rings. The fraction of sp³-hybridized carbons (Fsp3) is 0.550. The van der Waals surface area contributed by atoms with Crippen LogP contribution in [0.5, 0.6) is 0 Å². The largest absolute Gasteiger partial charge is 0.382 e. The minimum atomic E-state index is -3.15. The van der Waals surface area contributed by atoms with Crippen LogP contribution >= 0.6 is 0 Å². The molecule has 30 heavy (non-hydrogen) atoms. The second kappa shape index (κ2) is 9.13. The van der Waals surface area contributed by atoms with Crippen LogP contribution in [0.2, 0.25) is 0 Å². The number of rotatable bonds is 8. The Hall–Kier alpha value is -2.46. The molecule has 164 valence electrons. The van der Waals surface area contributed by atoms with Gasteiger partial charge in [0.15, 0.2) is 9.84 Å². The summed E-state index contributed by atoms with van der Waals surface area (Å²) in [6.45, 7) is 3.73. The van der Waals surface area contributed by atoms with E-state index in [2.05, 4.69) is 10.6 Å². The number of ether oxygens (including phenoxy) is 1. The van der Waals surface area contributed by atoms with Crippen molar-refractivity contribution in [1.29, 1.82) is 0 Å². The van der Waals surface area contributed by atoms with Crippen molar-refractivity contribution in [3.63, 3.8) is 0 Å². The van der Waals surface area contributed by atoms with Gasteiger partial charge in [-0.1, -0.05) is 12.1 Å². The molecule has 2 heterocycles. The highest BCUT2D eigenvalue weighted by Crippen LogP contribution is 2.31. The predicted octanol–water partition coefficient (Wildman–Crippen LogP) is 0.842. The zero-order chi connectivity index (χ0) is 21.8. The molecule has 0 radical (unpaired) electrons. The van der Waals surface area contributed by atoms with Crippen molar-refractivity contribution in [3.8, 4) is 0 Å². The van der Waals surface area contributed by atoms with E-state index in [1.165, 1.54) is 0 Å². The standard InChI is InChI=1S/C20H27N3O6S/c1-2-29-11-3-10-21-17(24)16-6-4-15(5-7-16)14-23-18(25)20(22-19(23)26)8-12-30(27,28)13-9-20/h4-7H,2-3,8-14H2,1H3,(H,21,24)(H,22,26). The van der Waals surface area contributed by atoms with E-state index in [1.807, 2.05) is 6.92 Å². The Morgan fingerprint density at radius 1 is 1.20 bits per heavy atom. The summed E-state index contributed by atoms with van der Waals surface area (Å²) in [4.78, 5) is 38.5. The van der Waals surface area contributed by atoms with Gasteiger partial charge >= 0.3 is 6.03 Å². The first kappa shape index (κ1) is 22.2. The van der Waals surface area contributed by atoms with Crippen molar-refractivity contribution in [2.75, 3.05) is 31.3 Å². The molecule has 3 rings (SSSR count). The van der Waals surface area contributed by atoms with Gasteiger partial charge in [0.2, 0.25) is 0 Å². The Morgan fingerprint density at radius 3 is 2.50 bits per heavy atom. The first-order chi connectivity index (χ1) is 14.3. The average molecular weight is 438 g/mol. The van der Waals surface area contributed by atoms with Gasteiger partial charge in [-0.25, -0.2) is 13.2 Å². The molecule has 2 aliphatic rings.